The lowest BCUT2D eigenvalue weighted by Gasteiger charge is -2.26. The second-order valence-corrected chi connectivity index (χ2v) is 5.03. The highest BCUT2D eigenvalue weighted by Crippen LogP contribution is 2.38. The van der Waals surface area contributed by atoms with Crippen molar-refractivity contribution in [2.45, 2.75) is 18.4 Å². The molecule has 22 heavy (non-hydrogen) atoms. The summed E-state index contributed by atoms with van der Waals surface area (Å²) in [7, 11) is 0. The number of nitrogens with zero attached hydrogens (tertiary/aromatic N) is 1. The summed E-state index contributed by atoms with van der Waals surface area (Å²) in [4.78, 5) is 24.8. The lowest BCUT2D eigenvalue weighted by atomic mass is 9.91. The minimum absolute atomic E-state index is 0. The van der Waals surface area contributed by atoms with Crippen molar-refractivity contribution in [2.24, 2.45) is 0 Å². The molecule has 2 unspecified atom stereocenters. The van der Waals surface area contributed by atoms with Gasteiger partial charge in [0.25, 0.3) is 5.91 Å². The van der Waals surface area contributed by atoms with Crippen LogP contribution in [0.3, 0.4) is 0 Å². The maximum Gasteiger partial charge on any atom is 0.294 e. The van der Waals surface area contributed by atoms with Crippen LogP contribution in [0.25, 0.3) is 0 Å². The van der Waals surface area contributed by atoms with E-state index >= 15 is 0 Å². The van der Waals surface area contributed by atoms with E-state index in [1.165, 1.54) is 11.0 Å². The third-order valence-corrected chi connectivity index (χ3v) is 3.84. The van der Waals surface area contributed by atoms with Crippen molar-refractivity contribution in [3.63, 3.8) is 0 Å². The maximum atomic E-state index is 12.0. The van der Waals surface area contributed by atoms with Crippen LogP contribution in [0, 0.1) is 0 Å². The lowest BCUT2D eigenvalue weighted by Crippen LogP contribution is -2.42. The van der Waals surface area contributed by atoms with Crippen LogP contribution in [-0.2, 0) is 9.59 Å². The zero-order chi connectivity index (χ0) is 15.6. The number of hydrogen-bond donors (Lipinski definition) is 3. The highest BCUT2D eigenvalue weighted by molar-refractivity contribution is 6.40. The van der Waals surface area contributed by atoms with Crippen LogP contribution in [0.1, 0.15) is 17.9 Å². The number of phenols is 1. The van der Waals surface area contributed by atoms with Crippen LogP contribution >= 0.6 is 12.4 Å². The molecule has 4 N–H and O–H groups in total. The quantitative estimate of drug-likeness (QED) is 0.329. The summed E-state index contributed by atoms with van der Waals surface area (Å²) >= 11 is 0. The number of aromatic hydroxyl groups is 1. The minimum Gasteiger partial charge on any atom is -0.508 e. The van der Waals surface area contributed by atoms with Gasteiger partial charge in [-0.2, -0.15) is 0 Å². The predicted octanol–water partition coefficient (Wildman–Crippen LogP) is 0.828. The van der Waals surface area contributed by atoms with E-state index in [4.69, 9.17) is 5.73 Å². The molecule has 0 saturated carbocycles. The number of phenolic OH excluding ortho intramolecular Hbond substituents is 1. The van der Waals surface area contributed by atoms with Crippen LogP contribution in [0.2, 0.25) is 0 Å². The number of carbonyl (C=O) groups excluding carboxylic acids is 2. The van der Waals surface area contributed by atoms with E-state index in [0.717, 1.165) is 6.08 Å². The smallest absolute Gasteiger partial charge is 0.294 e. The van der Waals surface area contributed by atoms with Gasteiger partial charge in [0.05, 0.1) is 12.6 Å². The number of likely N-dealkylation sites (tertiary alicyclic amines) is 1. The molecule has 1 heterocycles. The summed E-state index contributed by atoms with van der Waals surface area (Å²) in [6, 6.07) is 4.13. The number of ketones is 1. The predicted molar refractivity (Wildman–Crippen MR) is 84.9 cm³/mol. The van der Waals surface area contributed by atoms with E-state index in [1.54, 1.807) is 12.1 Å². The number of aliphatic hydroxyl groups is 1. The Labute approximate surface area is 134 Å². The van der Waals surface area contributed by atoms with E-state index in [1.807, 2.05) is 0 Å². The second kappa shape index (κ2) is 7.29. The number of halogens is 1. The van der Waals surface area contributed by atoms with Crippen molar-refractivity contribution in [2.75, 3.05) is 18.9 Å². The first-order chi connectivity index (χ1) is 9.99. The average molecular weight is 327 g/mol. The van der Waals surface area contributed by atoms with E-state index in [9.17, 15) is 19.8 Å². The molecule has 1 aromatic carbocycles. The molecule has 2 rings (SSSR count). The molecule has 7 heteroatoms. The Morgan fingerprint density at radius 1 is 1.45 bits per heavy atom. The molecule has 1 aliphatic rings. The number of hydrogen-bond acceptors (Lipinski definition) is 5. The van der Waals surface area contributed by atoms with Crippen molar-refractivity contribution in [1.29, 1.82) is 0 Å². The molecular formula is C15H19ClN2O4. The van der Waals surface area contributed by atoms with Crippen molar-refractivity contribution < 1.29 is 19.8 Å². The summed E-state index contributed by atoms with van der Waals surface area (Å²) in [5.41, 5.74) is 6.80. The Morgan fingerprint density at radius 2 is 2.14 bits per heavy atom. The molecule has 1 fully saturated rings. The average Bonchev–Trinajstić information content (AvgIpc) is 2.91. The van der Waals surface area contributed by atoms with Gasteiger partial charge in [-0.15, -0.1) is 12.4 Å². The van der Waals surface area contributed by atoms with Gasteiger partial charge in [0.2, 0.25) is 5.78 Å². The summed E-state index contributed by atoms with van der Waals surface area (Å²) in [5.74, 6) is -1.59. The van der Waals surface area contributed by atoms with Crippen molar-refractivity contribution in [3.05, 3.63) is 36.4 Å². The number of benzene rings is 1. The zero-order valence-corrected chi connectivity index (χ0v) is 12.8. The van der Waals surface area contributed by atoms with Crippen LogP contribution in [0.5, 0.6) is 5.75 Å². The Bertz CT molecular complexity index is 591. The van der Waals surface area contributed by atoms with E-state index in [0.29, 0.717) is 24.2 Å². The van der Waals surface area contributed by atoms with Gasteiger partial charge in [0, 0.05) is 23.7 Å². The largest absolute Gasteiger partial charge is 0.508 e. The minimum atomic E-state index is -0.703. The van der Waals surface area contributed by atoms with Gasteiger partial charge >= 0.3 is 0 Å². The fraction of sp³-hybridized carbons (Fsp3) is 0.333. The number of nitrogen functional groups attached to an aromatic ring is 1. The standard InChI is InChI=1S/C15H18N2O4.ClH/c1-2-13(19)15(21)17-6-5-10(12(17)8-18)11-7-9(16)3-4-14(11)20;/h2-4,7,10,12,18,20H,1,5-6,8,16H2;1H. The fourth-order valence-corrected chi connectivity index (χ4v) is 2.79. The van der Waals surface area contributed by atoms with Crippen molar-refractivity contribution >= 4 is 29.8 Å². The Hall–Kier alpha value is -2.05. The molecular weight excluding hydrogens is 308 g/mol. The Kier molecular flexibility index (Phi) is 5.96. The SMILES string of the molecule is C=CC(=O)C(=O)N1CCC(c2cc(N)ccc2O)C1CO.Cl. The van der Waals surface area contributed by atoms with E-state index < -0.39 is 17.7 Å². The van der Waals surface area contributed by atoms with Gasteiger partial charge in [-0.3, -0.25) is 9.59 Å². The molecule has 0 bridgehead atoms. The summed E-state index contributed by atoms with van der Waals surface area (Å²) in [5, 5.41) is 19.6. The molecule has 0 aromatic heterocycles. The third kappa shape index (κ3) is 3.23. The monoisotopic (exact) mass is 326 g/mol. The van der Waals surface area contributed by atoms with Gasteiger partial charge in [-0.25, -0.2) is 0 Å². The summed E-state index contributed by atoms with van der Waals surface area (Å²) in [6.07, 6.45) is 1.50. The first kappa shape index (κ1) is 18.0. The molecule has 1 saturated heterocycles. The molecule has 0 aliphatic carbocycles. The van der Waals surface area contributed by atoms with Gasteiger partial charge in [0.1, 0.15) is 5.75 Å². The highest BCUT2D eigenvalue weighted by atomic mass is 35.5. The van der Waals surface area contributed by atoms with Gasteiger partial charge < -0.3 is 20.8 Å². The number of rotatable bonds is 4. The zero-order valence-electron chi connectivity index (χ0n) is 11.9. The summed E-state index contributed by atoms with van der Waals surface area (Å²) < 4.78 is 0. The van der Waals surface area contributed by atoms with Crippen LogP contribution in [-0.4, -0.2) is 46.0 Å². The Morgan fingerprint density at radius 3 is 2.73 bits per heavy atom. The molecule has 6 nitrogen and oxygen atoms in total. The van der Waals surface area contributed by atoms with Crippen LogP contribution < -0.4 is 5.73 Å². The van der Waals surface area contributed by atoms with Gasteiger partial charge in [-0.05, 0) is 30.7 Å². The topological polar surface area (TPSA) is 104 Å². The molecule has 0 spiro atoms. The molecule has 1 aromatic rings. The highest BCUT2D eigenvalue weighted by Gasteiger charge is 2.39. The molecule has 120 valence electrons. The van der Waals surface area contributed by atoms with Crippen LogP contribution in [0.4, 0.5) is 5.69 Å². The van der Waals surface area contributed by atoms with Crippen LogP contribution in [0.15, 0.2) is 30.9 Å². The first-order valence-electron chi connectivity index (χ1n) is 6.66. The summed E-state index contributed by atoms with van der Waals surface area (Å²) in [6.45, 7) is 3.33. The van der Waals surface area contributed by atoms with Crippen molar-refractivity contribution in [1.82, 2.24) is 4.90 Å². The van der Waals surface area contributed by atoms with E-state index in [-0.39, 0.29) is 30.7 Å². The third-order valence-electron chi connectivity index (χ3n) is 3.84. The molecule has 2 atom stereocenters. The normalized spacial score (nSPS) is 20.3. The molecule has 1 aliphatic heterocycles. The number of nitrogens with two attached hydrogens (primary N) is 1. The lowest BCUT2D eigenvalue weighted by molar-refractivity contribution is -0.143. The maximum absolute atomic E-state index is 12.0. The van der Waals surface area contributed by atoms with E-state index in [2.05, 4.69) is 6.58 Å². The fourth-order valence-electron chi connectivity index (χ4n) is 2.79. The second-order valence-electron chi connectivity index (χ2n) is 5.03. The number of carbonyl (C=O) groups is 2. The van der Waals surface area contributed by atoms with Gasteiger partial charge in [0.15, 0.2) is 0 Å². The van der Waals surface area contributed by atoms with Crippen molar-refractivity contribution in [3.8, 4) is 5.75 Å². The molecule has 1 amide bonds. The first-order valence-corrected chi connectivity index (χ1v) is 6.66. The number of amides is 1. The molecule has 0 radical (unpaired) electrons. The number of anilines is 1. The number of aliphatic hydroxyl groups excluding tert-OH is 1. The van der Waals surface area contributed by atoms with Gasteiger partial charge in [-0.1, -0.05) is 6.58 Å². The Balaban J connectivity index is 0.00000242.